The summed E-state index contributed by atoms with van der Waals surface area (Å²) in [6.45, 7) is 2.94. The van der Waals surface area contributed by atoms with Crippen LogP contribution in [0, 0.1) is 11.6 Å². The summed E-state index contributed by atoms with van der Waals surface area (Å²) in [4.78, 5) is 9.17. The quantitative estimate of drug-likeness (QED) is 0.511. The molecule has 27 heavy (non-hydrogen) atoms. The second-order valence-electron chi connectivity index (χ2n) is 6.39. The lowest BCUT2D eigenvalue weighted by Crippen LogP contribution is -2.10. The number of aromatic nitrogens is 5. The molecule has 0 bridgehead atoms. The van der Waals surface area contributed by atoms with Crippen molar-refractivity contribution in [2.45, 2.75) is 32.7 Å². The number of rotatable bonds is 6. The Bertz CT molecular complexity index is 1080. The molecule has 0 aliphatic carbocycles. The molecule has 0 saturated carbocycles. The number of benzene rings is 1. The highest BCUT2D eigenvalue weighted by Gasteiger charge is 2.16. The van der Waals surface area contributed by atoms with E-state index in [1.54, 1.807) is 18.5 Å². The van der Waals surface area contributed by atoms with Crippen LogP contribution in [0.25, 0.3) is 16.9 Å². The van der Waals surface area contributed by atoms with Gasteiger partial charge < -0.3 is 4.57 Å². The van der Waals surface area contributed by atoms with E-state index in [9.17, 15) is 8.78 Å². The van der Waals surface area contributed by atoms with E-state index in [0.717, 1.165) is 60.3 Å². The first-order chi connectivity index (χ1) is 13.2. The Hall–Kier alpha value is -3.09. The first-order valence-corrected chi connectivity index (χ1v) is 8.96. The van der Waals surface area contributed by atoms with E-state index in [-0.39, 0.29) is 5.69 Å². The molecule has 138 valence electrons. The van der Waals surface area contributed by atoms with Crippen LogP contribution in [-0.4, -0.2) is 24.3 Å². The first-order valence-electron chi connectivity index (χ1n) is 8.96. The topological polar surface area (TPSA) is 48.5 Å². The van der Waals surface area contributed by atoms with Gasteiger partial charge in [-0.05, 0) is 36.8 Å². The van der Waals surface area contributed by atoms with E-state index < -0.39 is 11.6 Å². The van der Waals surface area contributed by atoms with Gasteiger partial charge in [0.25, 0.3) is 0 Å². The van der Waals surface area contributed by atoms with E-state index in [0.29, 0.717) is 6.42 Å². The van der Waals surface area contributed by atoms with E-state index in [1.807, 2.05) is 12.1 Å². The molecule has 3 heterocycles. The number of nitrogens with zero attached hydrogens (tertiary/aromatic N) is 5. The van der Waals surface area contributed by atoms with Gasteiger partial charge in [0.15, 0.2) is 5.65 Å². The van der Waals surface area contributed by atoms with Crippen LogP contribution in [0.2, 0.25) is 0 Å². The molecule has 7 heteroatoms. The molecule has 4 aromatic rings. The van der Waals surface area contributed by atoms with Crippen molar-refractivity contribution in [3.05, 3.63) is 71.9 Å². The van der Waals surface area contributed by atoms with Gasteiger partial charge in [-0.1, -0.05) is 13.3 Å². The van der Waals surface area contributed by atoms with Gasteiger partial charge >= 0.3 is 0 Å². The summed E-state index contributed by atoms with van der Waals surface area (Å²) in [5.74, 6) is -0.203. The average Bonchev–Trinajstić information content (AvgIpc) is 3.26. The second-order valence-corrected chi connectivity index (χ2v) is 6.39. The van der Waals surface area contributed by atoms with E-state index in [4.69, 9.17) is 4.98 Å². The molecule has 3 aromatic heterocycles. The molecule has 0 fully saturated rings. The van der Waals surface area contributed by atoms with Gasteiger partial charge in [-0.3, -0.25) is 0 Å². The lowest BCUT2D eigenvalue weighted by atomic mass is 10.2. The third-order valence-electron chi connectivity index (χ3n) is 4.51. The van der Waals surface area contributed by atoms with Crippen LogP contribution >= 0.6 is 0 Å². The molecule has 4 rings (SSSR count). The van der Waals surface area contributed by atoms with Crippen molar-refractivity contribution in [3.8, 4) is 5.69 Å². The van der Waals surface area contributed by atoms with Gasteiger partial charge in [0.2, 0.25) is 0 Å². The highest BCUT2D eigenvalue weighted by atomic mass is 19.1. The number of halogens is 2. The van der Waals surface area contributed by atoms with Crippen LogP contribution in [0.15, 0.2) is 48.8 Å². The summed E-state index contributed by atoms with van der Waals surface area (Å²) in [5.41, 5.74) is 2.48. The fourth-order valence-corrected chi connectivity index (χ4v) is 3.18. The third kappa shape index (κ3) is 3.32. The molecule has 0 saturated heterocycles. The van der Waals surface area contributed by atoms with Crippen molar-refractivity contribution in [2.75, 3.05) is 0 Å². The fraction of sp³-hybridized carbons (Fsp3) is 0.250. The maximum Gasteiger partial charge on any atom is 0.159 e. The number of unbranched alkanes of at least 4 members (excludes halogenated alkanes) is 1. The molecule has 1 aromatic carbocycles. The van der Waals surface area contributed by atoms with Crippen molar-refractivity contribution in [1.29, 1.82) is 0 Å². The van der Waals surface area contributed by atoms with Crippen molar-refractivity contribution in [3.63, 3.8) is 0 Å². The predicted octanol–water partition coefficient (Wildman–Crippen LogP) is 4.29. The number of pyridine rings is 1. The Morgan fingerprint density at radius 2 is 1.96 bits per heavy atom. The van der Waals surface area contributed by atoms with Crippen LogP contribution in [0.3, 0.4) is 0 Å². The summed E-state index contributed by atoms with van der Waals surface area (Å²) in [7, 11) is 0. The molecule has 0 spiro atoms. The molecule has 0 aliphatic heterocycles. The minimum absolute atomic E-state index is 0.0874. The fourth-order valence-electron chi connectivity index (χ4n) is 3.18. The molecule has 0 atom stereocenters. The first kappa shape index (κ1) is 17.3. The maximum atomic E-state index is 14.2. The zero-order valence-corrected chi connectivity index (χ0v) is 14.9. The monoisotopic (exact) mass is 367 g/mol. The van der Waals surface area contributed by atoms with E-state index in [1.165, 1.54) is 4.68 Å². The van der Waals surface area contributed by atoms with Gasteiger partial charge in [-0.25, -0.2) is 23.4 Å². The van der Waals surface area contributed by atoms with Crippen LogP contribution < -0.4 is 0 Å². The van der Waals surface area contributed by atoms with Gasteiger partial charge in [0.05, 0.1) is 5.69 Å². The van der Waals surface area contributed by atoms with Crippen molar-refractivity contribution in [2.24, 2.45) is 0 Å². The highest BCUT2D eigenvalue weighted by Crippen LogP contribution is 2.21. The minimum Gasteiger partial charge on any atom is -0.312 e. The molecule has 0 N–H and O–H groups in total. The van der Waals surface area contributed by atoms with Crippen molar-refractivity contribution < 1.29 is 8.78 Å². The van der Waals surface area contributed by atoms with Crippen LogP contribution in [0.4, 0.5) is 8.78 Å². The molecule has 0 radical (unpaired) electrons. The van der Waals surface area contributed by atoms with Crippen LogP contribution in [0.1, 0.15) is 31.3 Å². The minimum atomic E-state index is -0.525. The van der Waals surface area contributed by atoms with Crippen molar-refractivity contribution in [1.82, 2.24) is 24.3 Å². The van der Waals surface area contributed by atoms with Gasteiger partial charge in [0.1, 0.15) is 28.7 Å². The van der Waals surface area contributed by atoms with Crippen molar-refractivity contribution >= 4 is 11.2 Å². The molecule has 5 nitrogen and oxygen atoms in total. The normalized spacial score (nSPS) is 11.4. The Balaban J connectivity index is 1.76. The average molecular weight is 367 g/mol. The van der Waals surface area contributed by atoms with Gasteiger partial charge in [-0.15, -0.1) is 0 Å². The lowest BCUT2D eigenvalue weighted by Gasteiger charge is -2.11. The number of fused-ring (bicyclic) bond motifs is 1. The highest BCUT2D eigenvalue weighted by molar-refractivity contribution is 5.71. The summed E-state index contributed by atoms with van der Waals surface area (Å²) in [6, 6.07) is 8.93. The second kappa shape index (κ2) is 7.26. The number of hydrogen-bond donors (Lipinski definition) is 0. The molecule has 0 aliphatic rings. The van der Waals surface area contributed by atoms with E-state index in [2.05, 4.69) is 21.6 Å². The number of aryl methyl sites for hydroxylation is 1. The van der Waals surface area contributed by atoms with Gasteiger partial charge in [-0.2, -0.15) is 5.10 Å². The third-order valence-corrected chi connectivity index (χ3v) is 4.51. The zero-order chi connectivity index (χ0) is 18.8. The Morgan fingerprint density at radius 3 is 2.81 bits per heavy atom. The SMILES string of the molecule is CCCCn1c(Cc2ccnn2-c2cc(F)ccc2F)nc2cccnc21. The molecular weight excluding hydrogens is 348 g/mol. The van der Waals surface area contributed by atoms with Gasteiger partial charge in [0, 0.05) is 31.4 Å². The Morgan fingerprint density at radius 1 is 1.07 bits per heavy atom. The summed E-state index contributed by atoms with van der Waals surface area (Å²) < 4.78 is 31.3. The smallest absolute Gasteiger partial charge is 0.159 e. The predicted molar refractivity (Wildman–Crippen MR) is 98.7 cm³/mol. The largest absolute Gasteiger partial charge is 0.312 e. The Kier molecular flexibility index (Phi) is 4.66. The summed E-state index contributed by atoms with van der Waals surface area (Å²) in [6.07, 6.45) is 5.83. The molecule has 0 unspecified atom stereocenters. The van der Waals surface area contributed by atoms with Crippen LogP contribution in [0.5, 0.6) is 0 Å². The zero-order valence-electron chi connectivity index (χ0n) is 14.9. The van der Waals surface area contributed by atoms with Crippen LogP contribution in [-0.2, 0) is 13.0 Å². The molecular formula is C20H19F2N5. The maximum absolute atomic E-state index is 14.2. The number of hydrogen-bond acceptors (Lipinski definition) is 3. The standard InChI is InChI=1S/C20H19F2N5/c1-2-3-11-26-19(25-17-5-4-9-23-20(17)26)13-15-8-10-24-27(15)18-12-14(21)6-7-16(18)22/h4-10,12H,2-3,11,13H2,1H3. The number of imidazole rings is 1. The molecule has 0 amide bonds. The van der Waals surface area contributed by atoms with E-state index >= 15 is 0 Å². The Labute approximate surface area is 155 Å². The summed E-state index contributed by atoms with van der Waals surface area (Å²) in [5, 5.41) is 4.19. The summed E-state index contributed by atoms with van der Waals surface area (Å²) >= 11 is 0. The lowest BCUT2D eigenvalue weighted by molar-refractivity contribution is 0.581.